The first kappa shape index (κ1) is 8.23. The monoisotopic (exact) mass is 131 g/mol. The Bertz CT molecular complexity index is 102. The van der Waals surface area contributed by atoms with Gasteiger partial charge in [-0.05, 0) is 0 Å². The van der Waals surface area contributed by atoms with Crippen molar-refractivity contribution in [2.24, 2.45) is 0 Å². The Hall–Kier alpha value is -0.770. The van der Waals surface area contributed by atoms with E-state index < -0.39 is 0 Å². The second-order valence-electron chi connectivity index (χ2n) is 1.93. The third-order valence-electron chi connectivity index (χ3n) is 1.11. The minimum atomic E-state index is -0.111. The third kappa shape index (κ3) is 2.32. The molecule has 0 fully saturated rings. The summed E-state index contributed by atoms with van der Waals surface area (Å²) in [7, 11) is 6.89. The van der Waals surface area contributed by atoms with Crippen LogP contribution in [0, 0.1) is 0 Å². The molecule has 0 aromatic carbocycles. The van der Waals surface area contributed by atoms with E-state index in [-0.39, 0.29) is 6.03 Å². The third-order valence-corrected chi connectivity index (χ3v) is 1.11. The molecule has 0 aromatic rings. The fourth-order valence-corrected chi connectivity index (χ4v) is 0.343. The SMILES string of the molecule is CNC(=O)N(C)N(C)C. The topological polar surface area (TPSA) is 35.6 Å². The van der Waals surface area contributed by atoms with Crippen LogP contribution in [0.15, 0.2) is 0 Å². The van der Waals surface area contributed by atoms with Gasteiger partial charge in [0, 0.05) is 28.2 Å². The number of carbonyl (C=O) groups excluding carboxylic acids is 1. The van der Waals surface area contributed by atoms with Gasteiger partial charge in [-0.15, -0.1) is 0 Å². The second kappa shape index (κ2) is 3.29. The highest BCUT2D eigenvalue weighted by atomic mass is 16.2. The fraction of sp³-hybridized carbons (Fsp3) is 0.800. The predicted octanol–water partition coefficient (Wildman–Crippen LogP) is -0.266. The highest BCUT2D eigenvalue weighted by molar-refractivity contribution is 5.72. The average molecular weight is 131 g/mol. The number of nitrogens with one attached hydrogen (secondary N) is 1. The zero-order valence-electron chi connectivity index (χ0n) is 6.30. The minimum Gasteiger partial charge on any atom is -0.340 e. The summed E-state index contributed by atoms with van der Waals surface area (Å²) in [5.41, 5.74) is 0. The molecule has 0 saturated heterocycles. The first-order valence-corrected chi connectivity index (χ1v) is 2.72. The first-order valence-electron chi connectivity index (χ1n) is 2.72. The Labute approximate surface area is 55.4 Å². The minimum absolute atomic E-state index is 0.111. The Morgan fingerprint density at radius 3 is 1.89 bits per heavy atom. The molecule has 0 unspecified atom stereocenters. The summed E-state index contributed by atoms with van der Waals surface area (Å²) in [6, 6.07) is -0.111. The molecule has 0 aliphatic carbocycles. The molecule has 0 heterocycles. The van der Waals surface area contributed by atoms with Crippen LogP contribution >= 0.6 is 0 Å². The number of amides is 2. The van der Waals surface area contributed by atoms with Gasteiger partial charge in [0.15, 0.2) is 0 Å². The van der Waals surface area contributed by atoms with Crippen molar-refractivity contribution in [1.29, 1.82) is 0 Å². The zero-order chi connectivity index (χ0) is 7.44. The van der Waals surface area contributed by atoms with E-state index in [0.29, 0.717) is 0 Å². The lowest BCUT2D eigenvalue weighted by Crippen LogP contribution is -2.43. The first-order chi connectivity index (χ1) is 4.09. The van der Waals surface area contributed by atoms with Gasteiger partial charge in [-0.3, -0.25) is 5.01 Å². The molecule has 4 heteroatoms. The molecule has 4 nitrogen and oxygen atoms in total. The van der Waals surface area contributed by atoms with Crippen molar-refractivity contribution in [3.05, 3.63) is 0 Å². The molecule has 0 radical (unpaired) electrons. The van der Waals surface area contributed by atoms with Gasteiger partial charge in [-0.25, -0.2) is 9.80 Å². The van der Waals surface area contributed by atoms with Crippen molar-refractivity contribution in [1.82, 2.24) is 15.3 Å². The van der Waals surface area contributed by atoms with E-state index in [1.165, 1.54) is 5.01 Å². The molecule has 0 atom stereocenters. The number of nitrogens with zero attached hydrogens (tertiary/aromatic N) is 2. The fourth-order valence-electron chi connectivity index (χ4n) is 0.343. The maximum absolute atomic E-state index is 10.7. The summed E-state index contributed by atoms with van der Waals surface area (Å²) in [6.45, 7) is 0. The van der Waals surface area contributed by atoms with Gasteiger partial charge in [-0.2, -0.15) is 0 Å². The number of urea groups is 1. The molecule has 2 amide bonds. The maximum atomic E-state index is 10.7. The van der Waals surface area contributed by atoms with E-state index in [1.54, 1.807) is 33.2 Å². The van der Waals surface area contributed by atoms with E-state index in [9.17, 15) is 4.79 Å². The van der Waals surface area contributed by atoms with Gasteiger partial charge in [-0.1, -0.05) is 0 Å². The van der Waals surface area contributed by atoms with Crippen LogP contribution in [0.5, 0.6) is 0 Å². The van der Waals surface area contributed by atoms with Crippen LogP contribution in [-0.2, 0) is 0 Å². The summed E-state index contributed by atoms with van der Waals surface area (Å²) in [5, 5.41) is 5.66. The number of rotatable bonds is 1. The summed E-state index contributed by atoms with van der Waals surface area (Å²) in [5.74, 6) is 0. The molecule has 0 aromatic heterocycles. The average Bonchev–Trinajstić information content (AvgIpc) is 1.84. The summed E-state index contributed by atoms with van der Waals surface area (Å²) in [6.07, 6.45) is 0. The molecule has 0 spiro atoms. The largest absolute Gasteiger partial charge is 0.340 e. The van der Waals surface area contributed by atoms with Crippen molar-refractivity contribution in [3.63, 3.8) is 0 Å². The summed E-state index contributed by atoms with van der Waals surface area (Å²) in [4.78, 5) is 10.7. The Kier molecular flexibility index (Phi) is 3.01. The molecule has 0 aliphatic heterocycles. The molecule has 54 valence electrons. The highest BCUT2D eigenvalue weighted by Crippen LogP contribution is 1.83. The molecular formula is C5H13N3O. The van der Waals surface area contributed by atoms with E-state index >= 15 is 0 Å². The molecule has 0 saturated carbocycles. The number of hydrazine groups is 1. The van der Waals surface area contributed by atoms with Crippen LogP contribution in [0.1, 0.15) is 0 Å². The molecule has 0 rings (SSSR count). The summed E-state index contributed by atoms with van der Waals surface area (Å²) < 4.78 is 0. The van der Waals surface area contributed by atoms with E-state index in [4.69, 9.17) is 0 Å². The Morgan fingerprint density at radius 1 is 1.33 bits per heavy atom. The van der Waals surface area contributed by atoms with Crippen molar-refractivity contribution in [3.8, 4) is 0 Å². The molecular weight excluding hydrogens is 118 g/mol. The smallest absolute Gasteiger partial charge is 0.331 e. The van der Waals surface area contributed by atoms with E-state index in [2.05, 4.69) is 5.32 Å². The van der Waals surface area contributed by atoms with Gasteiger partial charge in [0.1, 0.15) is 0 Å². The lowest BCUT2D eigenvalue weighted by Gasteiger charge is -2.23. The van der Waals surface area contributed by atoms with E-state index in [0.717, 1.165) is 0 Å². The lowest BCUT2D eigenvalue weighted by atomic mass is 10.9. The van der Waals surface area contributed by atoms with Crippen molar-refractivity contribution < 1.29 is 4.79 Å². The number of carbonyl (C=O) groups is 1. The molecule has 9 heavy (non-hydrogen) atoms. The molecule has 0 aliphatic rings. The normalized spacial score (nSPS) is 9.44. The maximum Gasteiger partial charge on any atom is 0.331 e. The highest BCUT2D eigenvalue weighted by Gasteiger charge is 2.05. The van der Waals surface area contributed by atoms with Gasteiger partial charge in [0.05, 0.1) is 0 Å². The summed E-state index contributed by atoms with van der Waals surface area (Å²) >= 11 is 0. The lowest BCUT2D eigenvalue weighted by molar-refractivity contribution is 0.0897. The number of hydrogen-bond acceptors (Lipinski definition) is 2. The second-order valence-corrected chi connectivity index (χ2v) is 1.93. The van der Waals surface area contributed by atoms with E-state index in [1.807, 2.05) is 0 Å². The van der Waals surface area contributed by atoms with Crippen molar-refractivity contribution in [2.45, 2.75) is 0 Å². The molecule has 1 N–H and O–H groups in total. The van der Waals surface area contributed by atoms with Crippen LogP contribution in [0.3, 0.4) is 0 Å². The van der Waals surface area contributed by atoms with Gasteiger partial charge in [0.2, 0.25) is 0 Å². The van der Waals surface area contributed by atoms with Gasteiger partial charge >= 0.3 is 6.03 Å². The quantitative estimate of drug-likeness (QED) is 0.497. The van der Waals surface area contributed by atoms with Crippen LogP contribution in [0.25, 0.3) is 0 Å². The van der Waals surface area contributed by atoms with Crippen LogP contribution in [-0.4, -0.2) is 44.2 Å². The predicted molar refractivity (Wildman–Crippen MR) is 35.9 cm³/mol. The van der Waals surface area contributed by atoms with Crippen LogP contribution < -0.4 is 5.32 Å². The van der Waals surface area contributed by atoms with Crippen molar-refractivity contribution >= 4 is 6.03 Å². The van der Waals surface area contributed by atoms with Crippen LogP contribution in [0.2, 0.25) is 0 Å². The van der Waals surface area contributed by atoms with Gasteiger partial charge in [0.25, 0.3) is 0 Å². The standard InChI is InChI=1S/C5H13N3O/c1-6-5(9)8(4)7(2)3/h1-4H3,(H,6,9). The Morgan fingerprint density at radius 2 is 1.78 bits per heavy atom. The number of hydrogen-bond donors (Lipinski definition) is 1. The Balaban J connectivity index is 3.72. The van der Waals surface area contributed by atoms with Crippen molar-refractivity contribution in [2.75, 3.05) is 28.2 Å². The molecule has 0 bridgehead atoms. The zero-order valence-corrected chi connectivity index (χ0v) is 6.30. The van der Waals surface area contributed by atoms with Gasteiger partial charge < -0.3 is 5.32 Å². The van der Waals surface area contributed by atoms with Crippen LogP contribution in [0.4, 0.5) is 4.79 Å².